The van der Waals surface area contributed by atoms with Gasteiger partial charge in [-0.3, -0.25) is 4.79 Å². The van der Waals surface area contributed by atoms with Crippen LogP contribution in [-0.2, 0) is 6.54 Å². The number of hydrogen-bond donors (Lipinski definition) is 1. The van der Waals surface area contributed by atoms with Crippen molar-refractivity contribution in [3.63, 3.8) is 0 Å². The van der Waals surface area contributed by atoms with Crippen molar-refractivity contribution < 1.29 is 19.2 Å². The minimum atomic E-state index is 0.124. The first-order valence-electron chi connectivity index (χ1n) is 8.60. The SMILES string of the molecule is COc1ccc(OC)c(C[NH+]2CCN(C(=O)c3ccccc3)CC2)c1. The summed E-state index contributed by atoms with van der Waals surface area (Å²) >= 11 is 0. The van der Waals surface area contributed by atoms with Crippen LogP contribution in [0.15, 0.2) is 48.5 Å². The Labute approximate surface area is 148 Å². The minimum Gasteiger partial charge on any atom is -0.497 e. The number of rotatable bonds is 5. The molecule has 0 aromatic heterocycles. The fourth-order valence-corrected chi connectivity index (χ4v) is 3.26. The van der Waals surface area contributed by atoms with Gasteiger partial charge in [-0.15, -0.1) is 0 Å². The molecule has 0 bridgehead atoms. The Hall–Kier alpha value is -2.53. The number of quaternary nitrogens is 1. The lowest BCUT2D eigenvalue weighted by Crippen LogP contribution is -3.13. The standard InChI is InChI=1S/C20H24N2O3/c1-24-18-8-9-19(25-2)17(14-18)15-21-10-12-22(13-11-21)20(23)16-6-4-3-5-7-16/h3-9,14H,10-13,15H2,1-2H3/p+1. The molecule has 3 rings (SSSR count). The molecule has 132 valence electrons. The van der Waals surface area contributed by atoms with E-state index in [1.807, 2.05) is 53.4 Å². The zero-order valence-electron chi connectivity index (χ0n) is 14.8. The lowest BCUT2D eigenvalue weighted by atomic mass is 10.1. The second-order valence-electron chi connectivity index (χ2n) is 6.26. The summed E-state index contributed by atoms with van der Waals surface area (Å²) in [5.74, 6) is 1.85. The van der Waals surface area contributed by atoms with Crippen LogP contribution >= 0.6 is 0 Å². The molecule has 1 heterocycles. The van der Waals surface area contributed by atoms with Crippen LogP contribution in [0.1, 0.15) is 15.9 Å². The summed E-state index contributed by atoms with van der Waals surface area (Å²) < 4.78 is 10.8. The molecule has 0 radical (unpaired) electrons. The first-order chi connectivity index (χ1) is 12.2. The molecule has 1 aliphatic heterocycles. The van der Waals surface area contributed by atoms with Crippen molar-refractivity contribution in [2.75, 3.05) is 40.4 Å². The zero-order chi connectivity index (χ0) is 17.6. The van der Waals surface area contributed by atoms with E-state index in [0.717, 1.165) is 55.3 Å². The molecule has 1 fully saturated rings. The number of carbonyl (C=O) groups excluding carboxylic acids is 1. The molecule has 0 saturated carbocycles. The first-order valence-corrected chi connectivity index (χ1v) is 8.60. The number of piperazine rings is 1. The van der Waals surface area contributed by atoms with Crippen molar-refractivity contribution >= 4 is 5.91 Å². The number of hydrogen-bond acceptors (Lipinski definition) is 3. The minimum absolute atomic E-state index is 0.124. The summed E-state index contributed by atoms with van der Waals surface area (Å²) in [5, 5.41) is 0. The number of ether oxygens (including phenoxy) is 2. The van der Waals surface area contributed by atoms with Crippen LogP contribution in [0.25, 0.3) is 0 Å². The Balaban J connectivity index is 1.60. The second kappa shape index (κ2) is 8.03. The Morgan fingerprint density at radius 3 is 2.40 bits per heavy atom. The van der Waals surface area contributed by atoms with Crippen LogP contribution in [0.4, 0.5) is 0 Å². The molecule has 2 aromatic carbocycles. The topological polar surface area (TPSA) is 43.2 Å². The summed E-state index contributed by atoms with van der Waals surface area (Å²) in [4.78, 5) is 15.9. The van der Waals surface area contributed by atoms with Gasteiger partial charge in [-0.05, 0) is 30.3 Å². The molecule has 0 aliphatic carbocycles. The van der Waals surface area contributed by atoms with E-state index in [0.29, 0.717) is 0 Å². The molecular formula is C20H25N2O3+. The normalized spacial score (nSPS) is 15.0. The van der Waals surface area contributed by atoms with Gasteiger partial charge in [-0.1, -0.05) is 18.2 Å². The predicted octanol–water partition coefficient (Wildman–Crippen LogP) is 1.24. The summed E-state index contributed by atoms with van der Waals surface area (Å²) in [6.07, 6.45) is 0. The fourth-order valence-electron chi connectivity index (χ4n) is 3.26. The van der Waals surface area contributed by atoms with Crippen LogP contribution in [0, 0.1) is 0 Å². The van der Waals surface area contributed by atoms with E-state index >= 15 is 0 Å². The van der Waals surface area contributed by atoms with Crippen molar-refractivity contribution in [1.82, 2.24) is 4.90 Å². The van der Waals surface area contributed by atoms with E-state index < -0.39 is 0 Å². The van der Waals surface area contributed by atoms with Gasteiger partial charge in [0.25, 0.3) is 5.91 Å². The van der Waals surface area contributed by atoms with E-state index in [9.17, 15) is 4.79 Å². The van der Waals surface area contributed by atoms with E-state index in [-0.39, 0.29) is 5.91 Å². The molecular weight excluding hydrogens is 316 g/mol. The highest BCUT2D eigenvalue weighted by molar-refractivity contribution is 5.94. The largest absolute Gasteiger partial charge is 0.497 e. The molecule has 0 spiro atoms. The monoisotopic (exact) mass is 341 g/mol. The number of nitrogens with zero attached hydrogens (tertiary/aromatic N) is 1. The molecule has 1 aliphatic rings. The number of methoxy groups -OCH3 is 2. The van der Waals surface area contributed by atoms with E-state index in [1.54, 1.807) is 14.2 Å². The maximum Gasteiger partial charge on any atom is 0.254 e. The van der Waals surface area contributed by atoms with Crippen molar-refractivity contribution in [2.24, 2.45) is 0 Å². The molecule has 1 N–H and O–H groups in total. The summed E-state index contributed by atoms with van der Waals surface area (Å²) in [6.45, 7) is 4.27. The van der Waals surface area contributed by atoms with Gasteiger partial charge < -0.3 is 19.3 Å². The quantitative estimate of drug-likeness (QED) is 0.890. The number of nitrogens with one attached hydrogen (secondary N) is 1. The Morgan fingerprint density at radius 1 is 1.04 bits per heavy atom. The van der Waals surface area contributed by atoms with Gasteiger partial charge in [0.2, 0.25) is 0 Å². The third kappa shape index (κ3) is 4.12. The van der Waals surface area contributed by atoms with E-state index in [4.69, 9.17) is 9.47 Å². The average molecular weight is 341 g/mol. The highest BCUT2D eigenvalue weighted by Gasteiger charge is 2.25. The average Bonchev–Trinajstić information content (AvgIpc) is 2.68. The molecule has 2 aromatic rings. The highest BCUT2D eigenvalue weighted by atomic mass is 16.5. The van der Waals surface area contributed by atoms with Crippen molar-refractivity contribution in [3.8, 4) is 11.5 Å². The maximum atomic E-state index is 12.5. The maximum absolute atomic E-state index is 12.5. The van der Waals surface area contributed by atoms with Gasteiger partial charge in [-0.2, -0.15) is 0 Å². The Bertz CT molecular complexity index is 710. The van der Waals surface area contributed by atoms with Crippen molar-refractivity contribution in [2.45, 2.75) is 6.54 Å². The predicted molar refractivity (Wildman–Crippen MR) is 96.3 cm³/mol. The Morgan fingerprint density at radius 2 is 1.76 bits per heavy atom. The number of benzene rings is 2. The van der Waals surface area contributed by atoms with Crippen LogP contribution in [0.3, 0.4) is 0 Å². The second-order valence-corrected chi connectivity index (χ2v) is 6.26. The van der Waals surface area contributed by atoms with E-state index in [1.165, 1.54) is 4.90 Å². The third-order valence-corrected chi connectivity index (χ3v) is 4.71. The summed E-state index contributed by atoms with van der Waals surface area (Å²) in [5.41, 5.74) is 1.90. The van der Waals surface area contributed by atoms with Gasteiger partial charge in [0.15, 0.2) is 0 Å². The number of carbonyl (C=O) groups is 1. The Kier molecular flexibility index (Phi) is 5.56. The zero-order valence-corrected chi connectivity index (χ0v) is 14.8. The molecule has 0 unspecified atom stereocenters. The van der Waals surface area contributed by atoms with Gasteiger partial charge in [0.05, 0.1) is 46.0 Å². The van der Waals surface area contributed by atoms with Gasteiger partial charge in [0, 0.05) is 5.56 Å². The molecule has 1 amide bonds. The number of amides is 1. The van der Waals surface area contributed by atoms with Crippen LogP contribution in [0.2, 0.25) is 0 Å². The van der Waals surface area contributed by atoms with Crippen LogP contribution in [0.5, 0.6) is 11.5 Å². The molecule has 5 nitrogen and oxygen atoms in total. The summed E-state index contributed by atoms with van der Waals surface area (Å²) in [7, 11) is 3.36. The lowest BCUT2D eigenvalue weighted by molar-refractivity contribution is -0.917. The molecule has 25 heavy (non-hydrogen) atoms. The van der Waals surface area contributed by atoms with Gasteiger partial charge >= 0.3 is 0 Å². The highest BCUT2D eigenvalue weighted by Crippen LogP contribution is 2.23. The fraction of sp³-hybridized carbons (Fsp3) is 0.350. The first kappa shape index (κ1) is 17.3. The lowest BCUT2D eigenvalue weighted by Gasteiger charge is -2.32. The third-order valence-electron chi connectivity index (χ3n) is 4.71. The smallest absolute Gasteiger partial charge is 0.254 e. The van der Waals surface area contributed by atoms with E-state index in [2.05, 4.69) is 0 Å². The summed E-state index contributed by atoms with van der Waals surface area (Å²) in [6, 6.07) is 15.4. The molecule has 1 saturated heterocycles. The van der Waals surface area contributed by atoms with Crippen LogP contribution < -0.4 is 14.4 Å². The molecule has 5 heteroatoms. The van der Waals surface area contributed by atoms with Crippen LogP contribution in [-0.4, -0.2) is 51.2 Å². The van der Waals surface area contributed by atoms with Crippen molar-refractivity contribution in [1.29, 1.82) is 0 Å². The van der Waals surface area contributed by atoms with Gasteiger partial charge in [0.1, 0.15) is 18.0 Å². The van der Waals surface area contributed by atoms with Gasteiger partial charge in [-0.25, -0.2) is 0 Å². The van der Waals surface area contributed by atoms with Crippen molar-refractivity contribution in [3.05, 3.63) is 59.7 Å². The molecule has 0 atom stereocenters.